The summed E-state index contributed by atoms with van der Waals surface area (Å²) in [6.45, 7) is 13.3. The number of nitrogens with zero attached hydrogens (tertiary/aromatic N) is 3. The van der Waals surface area contributed by atoms with Crippen molar-refractivity contribution in [1.82, 2.24) is 15.1 Å². The standard InChI is InChI=1S/C20H32F2N4O.HI/c1-4-23-20(26-11-9-16(15-26)14-25(5-2)6-3)24-10-12-27-17-7-8-18(21)19(22)13-17;/h7-8,13,16H,4-6,9-12,14-15H2,1-3H3,(H,23,24);1H. The second kappa shape index (κ2) is 13.1. The van der Waals surface area contributed by atoms with E-state index in [-0.39, 0.29) is 24.0 Å². The smallest absolute Gasteiger partial charge is 0.194 e. The monoisotopic (exact) mass is 510 g/mol. The van der Waals surface area contributed by atoms with Crippen molar-refractivity contribution in [2.24, 2.45) is 10.9 Å². The molecule has 1 atom stereocenters. The Morgan fingerprint density at radius 3 is 2.64 bits per heavy atom. The molecule has 1 unspecified atom stereocenters. The van der Waals surface area contributed by atoms with E-state index in [0.29, 0.717) is 24.8 Å². The van der Waals surface area contributed by atoms with Crippen molar-refractivity contribution >= 4 is 29.9 Å². The first-order chi connectivity index (χ1) is 13.1. The van der Waals surface area contributed by atoms with Crippen LogP contribution in [0.2, 0.25) is 0 Å². The molecule has 0 amide bonds. The van der Waals surface area contributed by atoms with Crippen molar-refractivity contribution in [2.75, 3.05) is 52.4 Å². The SMILES string of the molecule is CCNC(=NCCOc1ccc(F)c(F)c1)N1CCC(CN(CC)CC)C1.I. The highest BCUT2D eigenvalue weighted by Crippen LogP contribution is 2.18. The number of rotatable bonds is 9. The van der Waals surface area contributed by atoms with Gasteiger partial charge in [-0.3, -0.25) is 0 Å². The Morgan fingerprint density at radius 1 is 1.25 bits per heavy atom. The van der Waals surface area contributed by atoms with E-state index in [1.54, 1.807) is 0 Å². The molecule has 0 saturated carbocycles. The molecule has 1 fully saturated rings. The quantitative estimate of drug-likeness (QED) is 0.239. The van der Waals surface area contributed by atoms with Crippen molar-refractivity contribution in [3.8, 4) is 5.75 Å². The number of hydrogen-bond acceptors (Lipinski definition) is 3. The molecule has 0 spiro atoms. The molecule has 1 N–H and O–H groups in total. The van der Waals surface area contributed by atoms with Crippen LogP contribution >= 0.6 is 24.0 Å². The van der Waals surface area contributed by atoms with Crippen LogP contribution in [0.3, 0.4) is 0 Å². The zero-order valence-electron chi connectivity index (χ0n) is 17.1. The van der Waals surface area contributed by atoms with Gasteiger partial charge < -0.3 is 19.9 Å². The van der Waals surface area contributed by atoms with Crippen LogP contribution in [0.1, 0.15) is 27.2 Å². The second-order valence-corrected chi connectivity index (χ2v) is 6.75. The Morgan fingerprint density at radius 2 is 2.00 bits per heavy atom. The summed E-state index contributed by atoms with van der Waals surface area (Å²) in [6, 6.07) is 3.55. The van der Waals surface area contributed by atoms with Crippen LogP contribution in [0, 0.1) is 17.6 Å². The van der Waals surface area contributed by atoms with Gasteiger partial charge >= 0.3 is 0 Å². The van der Waals surface area contributed by atoms with E-state index in [9.17, 15) is 8.78 Å². The zero-order valence-corrected chi connectivity index (χ0v) is 19.4. The van der Waals surface area contributed by atoms with Crippen molar-refractivity contribution in [3.63, 3.8) is 0 Å². The Labute approximate surface area is 184 Å². The molecule has 1 aliphatic heterocycles. The molecule has 1 aliphatic rings. The molecule has 160 valence electrons. The van der Waals surface area contributed by atoms with Crippen molar-refractivity contribution < 1.29 is 13.5 Å². The minimum Gasteiger partial charge on any atom is -0.492 e. The van der Waals surface area contributed by atoms with Gasteiger partial charge in [0.25, 0.3) is 0 Å². The molecule has 0 bridgehead atoms. The van der Waals surface area contributed by atoms with Gasteiger partial charge in [-0.15, -0.1) is 24.0 Å². The first kappa shape index (κ1) is 24.9. The number of nitrogens with one attached hydrogen (secondary N) is 1. The topological polar surface area (TPSA) is 40.1 Å². The van der Waals surface area contributed by atoms with Gasteiger partial charge in [-0.25, -0.2) is 13.8 Å². The predicted octanol–water partition coefficient (Wildman–Crippen LogP) is 3.59. The van der Waals surface area contributed by atoms with Crippen LogP contribution in [0.15, 0.2) is 23.2 Å². The van der Waals surface area contributed by atoms with E-state index >= 15 is 0 Å². The Bertz CT molecular complexity index is 614. The maximum Gasteiger partial charge on any atom is 0.194 e. The van der Waals surface area contributed by atoms with E-state index in [1.807, 2.05) is 0 Å². The third-order valence-corrected chi connectivity index (χ3v) is 4.84. The number of guanidine groups is 1. The van der Waals surface area contributed by atoms with E-state index in [4.69, 9.17) is 4.74 Å². The number of aliphatic imine (C=N–C) groups is 1. The number of hydrogen-bond donors (Lipinski definition) is 1. The molecule has 0 aliphatic carbocycles. The van der Waals surface area contributed by atoms with Crippen LogP contribution < -0.4 is 10.1 Å². The molecular formula is C20H33F2IN4O. The van der Waals surface area contributed by atoms with Crippen LogP contribution in [-0.2, 0) is 0 Å². The lowest BCUT2D eigenvalue weighted by Crippen LogP contribution is -2.41. The number of benzene rings is 1. The summed E-state index contributed by atoms with van der Waals surface area (Å²) in [5.74, 6) is 0.0962. The van der Waals surface area contributed by atoms with Crippen LogP contribution in [0.25, 0.3) is 0 Å². The number of likely N-dealkylation sites (tertiary alicyclic amines) is 1. The molecule has 1 saturated heterocycles. The van der Waals surface area contributed by atoms with Gasteiger partial charge in [-0.1, -0.05) is 13.8 Å². The number of halogens is 3. The fourth-order valence-electron chi connectivity index (χ4n) is 3.33. The van der Waals surface area contributed by atoms with Gasteiger partial charge in [0.2, 0.25) is 0 Å². The molecule has 1 heterocycles. The lowest BCUT2D eigenvalue weighted by molar-refractivity contribution is 0.255. The van der Waals surface area contributed by atoms with Gasteiger partial charge in [0.05, 0.1) is 6.54 Å². The molecule has 1 aromatic carbocycles. The lowest BCUT2D eigenvalue weighted by atomic mass is 10.1. The fraction of sp³-hybridized carbons (Fsp3) is 0.650. The summed E-state index contributed by atoms with van der Waals surface area (Å²) in [4.78, 5) is 9.40. The molecule has 0 radical (unpaired) electrons. The second-order valence-electron chi connectivity index (χ2n) is 6.75. The Hall–Kier alpha value is -1.16. The normalized spacial score (nSPS) is 17.0. The fourth-order valence-corrected chi connectivity index (χ4v) is 3.33. The van der Waals surface area contributed by atoms with Crippen LogP contribution in [0.4, 0.5) is 8.78 Å². The van der Waals surface area contributed by atoms with E-state index < -0.39 is 11.6 Å². The van der Waals surface area contributed by atoms with Gasteiger partial charge in [0.15, 0.2) is 17.6 Å². The minimum atomic E-state index is -0.902. The highest BCUT2D eigenvalue weighted by molar-refractivity contribution is 14.0. The first-order valence-corrected chi connectivity index (χ1v) is 9.90. The van der Waals surface area contributed by atoms with Crippen LogP contribution in [-0.4, -0.2) is 68.2 Å². The molecule has 8 heteroatoms. The summed E-state index contributed by atoms with van der Waals surface area (Å²) in [6.07, 6.45) is 1.17. The third-order valence-electron chi connectivity index (χ3n) is 4.84. The summed E-state index contributed by atoms with van der Waals surface area (Å²) in [7, 11) is 0. The summed E-state index contributed by atoms with van der Waals surface area (Å²) in [5, 5.41) is 3.34. The number of ether oxygens (including phenoxy) is 1. The van der Waals surface area contributed by atoms with Crippen molar-refractivity contribution in [1.29, 1.82) is 0 Å². The lowest BCUT2D eigenvalue weighted by Gasteiger charge is -2.24. The minimum absolute atomic E-state index is 0. The average Bonchev–Trinajstić information content (AvgIpc) is 3.13. The Balaban J connectivity index is 0.00000392. The highest BCUT2D eigenvalue weighted by atomic mass is 127. The van der Waals surface area contributed by atoms with Gasteiger partial charge in [0, 0.05) is 32.2 Å². The van der Waals surface area contributed by atoms with Gasteiger partial charge in [-0.2, -0.15) is 0 Å². The summed E-state index contributed by atoms with van der Waals surface area (Å²) in [5.41, 5.74) is 0. The van der Waals surface area contributed by atoms with E-state index in [1.165, 1.54) is 12.5 Å². The molecule has 2 rings (SSSR count). The maximum absolute atomic E-state index is 13.2. The average molecular weight is 510 g/mol. The summed E-state index contributed by atoms with van der Waals surface area (Å²) >= 11 is 0. The summed E-state index contributed by atoms with van der Waals surface area (Å²) < 4.78 is 31.6. The third kappa shape index (κ3) is 7.69. The Kier molecular flexibility index (Phi) is 11.7. The molecule has 5 nitrogen and oxygen atoms in total. The maximum atomic E-state index is 13.2. The predicted molar refractivity (Wildman–Crippen MR) is 121 cm³/mol. The molecule has 0 aromatic heterocycles. The van der Waals surface area contributed by atoms with Crippen molar-refractivity contribution in [2.45, 2.75) is 27.2 Å². The highest BCUT2D eigenvalue weighted by Gasteiger charge is 2.25. The van der Waals surface area contributed by atoms with E-state index in [2.05, 4.69) is 40.9 Å². The van der Waals surface area contributed by atoms with Gasteiger partial charge in [-0.05, 0) is 44.5 Å². The molecule has 28 heavy (non-hydrogen) atoms. The van der Waals surface area contributed by atoms with Crippen LogP contribution in [0.5, 0.6) is 5.75 Å². The molecule has 1 aromatic rings. The molecular weight excluding hydrogens is 477 g/mol. The first-order valence-electron chi connectivity index (χ1n) is 9.90. The largest absolute Gasteiger partial charge is 0.492 e. The van der Waals surface area contributed by atoms with Crippen molar-refractivity contribution in [3.05, 3.63) is 29.8 Å². The van der Waals surface area contributed by atoms with Gasteiger partial charge in [0.1, 0.15) is 12.4 Å². The zero-order chi connectivity index (χ0) is 19.6. The van der Waals surface area contributed by atoms with E-state index in [0.717, 1.165) is 57.4 Å².